The fourth-order valence-corrected chi connectivity index (χ4v) is 3.50. The van der Waals surface area contributed by atoms with Crippen LogP contribution in [-0.2, 0) is 9.53 Å². The summed E-state index contributed by atoms with van der Waals surface area (Å²) in [5, 5.41) is 15.0. The molecule has 0 radical (unpaired) electrons. The van der Waals surface area contributed by atoms with Crippen molar-refractivity contribution in [3.05, 3.63) is 45.8 Å². The zero-order valence-electron chi connectivity index (χ0n) is 16.8. The largest absolute Gasteiger partial charge is 0.466 e. The van der Waals surface area contributed by atoms with Crippen molar-refractivity contribution in [2.75, 3.05) is 29.9 Å². The molecule has 0 spiro atoms. The molecule has 1 unspecified atom stereocenters. The highest BCUT2D eigenvalue weighted by Crippen LogP contribution is 2.36. The van der Waals surface area contributed by atoms with Crippen molar-refractivity contribution < 1.29 is 14.5 Å². The van der Waals surface area contributed by atoms with Crippen LogP contribution in [-0.4, -0.2) is 40.6 Å². The van der Waals surface area contributed by atoms with Gasteiger partial charge in [0.1, 0.15) is 6.33 Å². The van der Waals surface area contributed by atoms with Gasteiger partial charge in [0, 0.05) is 18.8 Å². The van der Waals surface area contributed by atoms with Gasteiger partial charge in [0.25, 0.3) is 0 Å². The van der Waals surface area contributed by atoms with Gasteiger partial charge in [-0.2, -0.15) is 0 Å². The fourth-order valence-electron chi connectivity index (χ4n) is 3.50. The highest BCUT2D eigenvalue weighted by molar-refractivity contribution is 5.77. The first-order valence-corrected chi connectivity index (χ1v) is 9.66. The Labute approximate surface area is 169 Å². The molecule has 9 nitrogen and oxygen atoms in total. The molecule has 0 amide bonds. The summed E-state index contributed by atoms with van der Waals surface area (Å²) in [6.07, 6.45) is 2.73. The van der Waals surface area contributed by atoms with E-state index in [9.17, 15) is 14.9 Å². The molecule has 0 saturated carbocycles. The van der Waals surface area contributed by atoms with Crippen LogP contribution in [0.15, 0.2) is 24.5 Å². The van der Waals surface area contributed by atoms with Crippen molar-refractivity contribution in [1.82, 2.24) is 9.97 Å². The van der Waals surface area contributed by atoms with Crippen molar-refractivity contribution in [2.24, 2.45) is 5.92 Å². The van der Waals surface area contributed by atoms with Crippen LogP contribution in [0.4, 0.5) is 23.0 Å². The van der Waals surface area contributed by atoms with Crippen LogP contribution >= 0.6 is 0 Å². The van der Waals surface area contributed by atoms with Gasteiger partial charge in [0.15, 0.2) is 0 Å². The second-order valence-corrected chi connectivity index (χ2v) is 7.06. The first kappa shape index (κ1) is 20.5. The predicted octanol–water partition coefficient (Wildman–Crippen LogP) is 3.52. The SMILES string of the molecule is CCOC(=O)C1CCCN(c2ncnc(Nc3cccc(C)c3C)c2[N+](=O)[O-])C1. The van der Waals surface area contributed by atoms with Crippen molar-refractivity contribution in [2.45, 2.75) is 33.6 Å². The quantitative estimate of drug-likeness (QED) is 0.446. The minimum absolute atomic E-state index is 0.131. The summed E-state index contributed by atoms with van der Waals surface area (Å²) in [5.41, 5.74) is 2.61. The van der Waals surface area contributed by atoms with Crippen LogP contribution in [0.2, 0.25) is 0 Å². The van der Waals surface area contributed by atoms with Crippen LogP contribution in [0.1, 0.15) is 30.9 Å². The average molecular weight is 399 g/mol. The lowest BCUT2D eigenvalue weighted by atomic mass is 9.98. The minimum Gasteiger partial charge on any atom is -0.466 e. The molecule has 1 fully saturated rings. The fraction of sp³-hybridized carbons (Fsp3) is 0.450. The number of carbonyl (C=O) groups is 1. The number of rotatable bonds is 6. The molecule has 1 aromatic carbocycles. The molecular formula is C20H25N5O4. The monoisotopic (exact) mass is 399 g/mol. The Kier molecular flexibility index (Phi) is 6.26. The van der Waals surface area contributed by atoms with Gasteiger partial charge in [-0.05, 0) is 50.8 Å². The third-order valence-corrected chi connectivity index (χ3v) is 5.18. The van der Waals surface area contributed by atoms with E-state index in [0.29, 0.717) is 26.1 Å². The van der Waals surface area contributed by atoms with E-state index < -0.39 is 4.92 Å². The summed E-state index contributed by atoms with van der Waals surface area (Å²) in [6.45, 7) is 6.91. The molecule has 29 heavy (non-hydrogen) atoms. The molecule has 1 aliphatic heterocycles. The van der Waals surface area contributed by atoms with Crippen molar-refractivity contribution >= 4 is 29.0 Å². The second-order valence-electron chi connectivity index (χ2n) is 7.06. The van der Waals surface area contributed by atoms with Crippen LogP contribution in [0.25, 0.3) is 0 Å². The topological polar surface area (TPSA) is 110 Å². The number of aromatic nitrogens is 2. The number of hydrogen-bond donors (Lipinski definition) is 1. The molecule has 0 bridgehead atoms. The minimum atomic E-state index is -0.475. The second kappa shape index (κ2) is 8.85. The predicted molar refractivity (Wildman–Crippen MR) is 109 cm³/mol. The molecule has 1 atom stereocenters. The van der Waals surface area contributed by atoms with E-state index in [4.69, 9.17) is 4.74 Å². The molecule has 9 heteroatoms. The van der Waals surface area contributed by atoms with E-state index in [-0.39, 0.29) is 29.2 Å². The maximum atomic E-state index is 12.1. The number of esters is 1. The number of nitrogens with one attached hydrogen (secondary N) is 1. The summed E-state index contributed by atoms with van der Waals surface area (Å²) in [4.78, 5) is 33.7. The molecular weight excluding hydrogens is 374 g/mol. The first-order valence-electron chi connectivity index (χ1n) is 9.66. The summed E-state index contributed by atoms with van der Waals surface area (Å²) < 4.78 is 5.13. The summed E-state index contributed by atoms with van der Waals surface area (Å²) >= 11 is 0. The van der Waals surface area contributed by atoms with Crippen LogP contribution in [0, 0.1) is 29.9 Å². The number of ether oxygens (including phenoxy) is 1. The van der Waals surface area contributed by atoms with Crippen molar-refractivity contribution in [3.63, 3.8) is 0 Å². The zero-order chi connectivity index (χ0) is 21.0. The van der Waals surface area contributed by atoms with Crippen molar-refractivity contribution in [1.29, 1.82) is 0 Å². The van der Waals surface area contributed by atoms with Gasteiger partial charge < -0.3 is 15.0 Å². The Balaban J connectivity index is 1.94. The Morgan fingerprint density at radius 3 is 2.90 bits per heavy atom. The van der Waals surface area contributed by atoms with Crippen LogP contribution < -0.4 is 10.2 Å². The van der Waals surface area contributed by atoms with Crippen LogP contribution in [0.5, 0.6) is 0 Å². The van der Waals surface area contributed by atoms with Gasteiger partial charge in [-0.25, -0.2) is 9.97 Å². The Bertz CT molecular complexity index is 918. The molecule has 154 valence electrons. The van der Waals surface area contributed by atoms with Gasteiger partial charge in [0.2, 0.25) is 11.6 Å². The normalized spacial score (nSPS) is 16.4. The zero-order valence-corrected chi connectivity index (χ0v) is 16.8. The number of piperidine rings is 1. The number of aryl methyl sites for hydroxylation is 1. The average Bonchev–Trinajstić information content (AvgIpc) is 2.71. The van der Waals surface area contributed by atoms with Crippen LogP contribution in [0.3, 0.4) is 0 Å². The lowest BCUT2D eigenvalue weighted by Crippen LogP contribution is -2.40. The van der Waals surface area contributed by atoms with Crippen molar-refractivity contribution in [3.8, 4) is 0 Å². The molecule has 1 N–H and O–H groups in total. The maximum absolute atomic E-state index is 12.1. The summed E-state index contributed by atoms with van der Waals surface area (Å²) in [7, 11) is 0. The highest BCUT2D eigenvalue weighted by Gasteiger charge is 2.33. The van der Waals surface area contributed by atoms with Gasteiger partial charge in [-0.1, -0.05) is 12.1 Å². The number of anilines is 3. The molecule has 2 heterocycles. The number of nitrogens with zero attached hydrogens (tertiary/aromatic N) is 4. The van der Waals surface area contributed by atoms with E-state index in [0.717, 1.165) is 23.2 Å². The molecule has 0 aliphatic carbocycles. The Hall–Kier alpha value is -3.23. The van der Waals surface area contributed by atoms with E-state index in [1.165, 1.54) is 6.33 Å². The Morgan fingerprint density at radius 1 is 1.38 bits per heavy atom. The van der Waals surface area contributed by atoms with E-state index in [1.54, 1.807) is 11.8 Å². The van der Waals surface area contributed by atoms with E-state index in [2.05, 4.69) is 15.3 Å². The van der Waals surface area contributed by atoms with Gasteiger partial charge in [-0.3, -0.25) is 14.9 Å². The van der Waals surface area contributed by atoms with E-state index in [1.807, 2.05) is 32.0 Å². The summed E-state index contributed by atoms with van der Waals surface area (Å²) in [5.74, 6) is -0.255. The molecule has 2 aromatic rings. The Morgan fingerprint density at radius 2 is 2.17 bits per heavy atom. The number of benzene rings is 1. The molecule has 3 rings (SSSR count). The molecule has 1 aliphatic rings. The van der Waals surface area contributed by atoms with Gasteiger partial charge >= 0.3 is 11.7 Å². The van der Waals surface area contributed by atoms with E-state index >= 15 is 0 Å². The van der Waals surface area contributed by atoms with Gasteiger partial charge in [-0.15, -0.1) is 0 Å². The lowest BCUT2D eigenvalue weighted by molar-refractivity contribution is -0.383. The summed E-state index contributed by atoms with van der Waals surface area (Å²) in [6, 6.07) is 5.71. The molecule has 1 saturated heterocycles. The standard InChI is InChI=1S/C20H25N5O4/c1-4-29-20(26)15-8-6-10-24(11-15)19-17(25(27)28)18(21-12-22-19)23-16-9-5-7-13(2)14(16)3/h5,7,9,12,15H,4,6,8,10-11H2,1-3H3,(H,21,22,23). The third-order valence-electron chi connectivity index (χ3n) is 5.18. The molecule has 1 aromatic heterocycles. The maximum Gasteiger partial charge on any atom is 0.353 e. The number of carbonyl (C=O) groups excluding carboxylic acids is 1. The number of nitro groups is 1. The third kappa shape index (κ3) is 4.44. The lowest BCUT2D eigenvalue weighted by Gasteiger charge is -2.32. The smallest absolute Gasteiger partial charge is 0.353 e. The van der Waals surface area contributed by atoms with Gasteiger partial charge in [0.05, 0.1) is 17.4 Å². The highest BCUT2D eigenvalue weighted by atomic mass is 16.6. The first-order chi connectivity index (χ1) is 13.9. The number of hydrogen-bond acceptors (Lipinski definition) is 8.